The van der Waals surface area contributed by atoms with Crippen molar-refractivity contribution in [1.82, 2.24) is 9.88 Å². The number of benzene rings is 2. The van der Waals surface area contributed by atoms with E-state index in [1.165, 1.54) is 21.8 Å². The van der Waals surface area contributed by atoms with E-state index in [1.54, 1.807) is 0 Å². The summed E-state index contributed by atoms with van der Waals surface area (Å²) in [7, 11) is 0. The van der Waals surface area contributed by atoms with Gasteiger partial charge in [0.1, 0.15) is 0 Å². The Morgan fingerprint density at radius 1 is 1.00 bits per heavy atom. The number of hydrogen-bond donors (Lipinski definition) is 1. The average molecular weight is 280 g/mol. The smallest absolute Gasteiger partial charge is 0.207 e. The minimum absolute atomic E-state index is 0.0214. The average Bonchev–Trinajstić information content (AvgIpc) is 2.81. The molecule has 2 aromatic carbocycles. The second kappa shape index (κ2) is 5.24. The summed E-state index contributed by atoms with van der Waals surface area (Å²) in [5.74, 6) is 0. The zero-order valence-electron chi connectivity index (χ0n) is 12.6. The van der Waals surface area contributed by atoms with Crippen LogP contribution in [0.5, 0.6) is 0 Å². The van der Waals surface area contributed by atoms with E-state index in [4.69, 9.17) is 0 Å². The predicted molar refractivity (Wildman–Crippen MR) is 87.4 cm³/mol. The summed E-state index contributed by atoms with van der Waals surface area (Å²) in [6, 6.07) is 15.4. The van der Waals surface area contributed by atoms with Gasteiger partial charge in [-0.05, 0) is 44.5 Å². The molecule has 0 saturated carbocycles. The molecule has 3 rings (SSSR count). The number of nitrogens with zero attached hydrogens (tertiary/aromatic N) is 1. The standard InChI is InChI=1S/C18H20N2O/c1-12(2)20-17-7-5-4-6-15(17)16-10-14(8-9-18(16)20)13(3)19-11-21/h4-13H,1-3H3,(H,19,21). The molecule has 3 nitrogen and oxygen atoms in total. The molecule has 1 aromatic heterocycles. The highest BCUT2D eigenvalue weighted by Crippen LogP contribution is 2.33. The van der Waals surface area contributed by atoms with E-state index < -0.39 is 0 Å². The van der Waals surface area contributed by atoms with E-state index in [-0.39, 0.29) is 6.04 Å². The monoisotopic (exact) mass is 280 g/mol. The summed E-state index contributed by atoms with van der Waals surface area (Å²) in [4.78, 5) is 10.6. The first-order chi connectivity index (χ1) is 10.1. The molecule has 0 bridgehead atoms. The molecular formula is C18H20N2O. The van der Waals surface area contributed by atoms with Crippen LogP contribution < -0.4 is 5.32 Å². The van der Waals surface area contributed by atoms with Gasteiger partial charge in [-0.25, -0.2) is 0 Å². The highest BCUT2D eigenvalue weighted by molar-refractivity contribution is 6.08. The quantitative estimate of drug-likeness (QED) is 0.715. The number of amides is 1. The van der Waals surface area contributed by atoms with Crippen LogP contribution in [-0.2, 0) is 4.79 Å². The first kappa shape index (κ1) is 13.7. The van der Waals surface area contributed by atoms with E-state index in [0.29, 0.717) is 6.04 Å². The van der Waals surface area contributed by atoms with Gasteiger partial charge < -0.3 is 9.88 Å². The van der Waals surface area contributed by atoms with Crippen LogP contribution in [0.25, 0.3) is 21.8 Å². The van der Waals surface area contributed by atoms with Crippen molar-refractivity contribution in [3.63, 3.8) is 0 Å². The van der Waals surface area contributed by atoms with Gasteiger partial charge in [0.05, 0.1) is 6.04 Å². The Morgan fingerprint density at radius 2 is 1.71 bits per heavy atom. The third kappa shape index (κ3) is 2.19. The molecule has 0 spiro atoms. The first-order valence-electron chi connectivity index (χ1n) is 7.35. The van der Waals surface area contributed by atoms with Gasteiger partial charge in [-0.2, -0.15) is 0 Å². The maximum atomic E-state index is 10.6. The van der Waals surface area contributed by atoms with E-state index >= 15 is 0 Å². The molecule has 3 heteroatoms. The third-order valence-electron chi connectivity index (χ3n) is 4.07. The second-order valence-corrected chi connectivity index (χ2v) is 5.76. The molecule has 1 N–H and O–H groups in total. The summed E-state index contributed by atoms with van der Waals surface area (Å²) in [5, 5.41) is 5.33. The first-order valence-corrected chi connectivity index (χ1v) is 7.35. The zero-order valence-corrected chi connectivity index (χ0v) is 12.6. The molecule has 108 valence electrons. The van der Waals surface area contributed by atoms with Crippen LogP contribution in [0.15, 0.2) is 42.5 Å². The molecule has 0 aliphatic heterocycles. The number of para-hydroxylation sites is 1. The van der Waals surface area contributed by atoms with E-state index in [9.17, 15) is 4.79 Å². The molecule has 0 aliphatic carbocycles. The van der Waals surface area contributed by atoms with Gasteiger partial charge in [-0.15, -0.1) is 0 Å². The Hall–Kier alpha value is -2.29. The van der Waals surface area contributed by atoms with Gasteiger partial charge in [-0.3, -0.25) is 4.79 Å². The lowest BCUT2D eigenvalue weighted by atomic mass is 10.0. The predicted octanol–water partition coefficient (Wildman–Crippen LogP) is 4.18. The van der Waals surface area contributed by atoms with Crippen LogP contribution >= 0.6 is 0 Å². The summed E-state index contributed by atoms with van der Waals surface area (Å²) in [6.07, 6.45) is 0.756. The van der Waals surface area contributed by atoms with Crippen LogP contribution in [0, 0.1) is 0 Å². The molecule has 1 heterocycles. The highest BCUT2D eigenvalue weighted by Gasteiger charge is 2.14. The molecule has 21 heavy (non-hydrogen) atoms. The van der Waals surface area contributed by atoms with Gasteiger partial charge >= 0.3 is 0 Å². The Bertz CT molecular complexity index is 801. The number of rotatable bonds is 4. The topological polar surface area (TPSA) is 34.0 Å². The van der Waals surface area contributed by atoms with Gasteiger partial charge in [0, 0.05) is 27.8 Å². The second-order valence-electron chi connectivity index (χ2n) is 5.76. The molecule has 1 atom stereocenters. The van der Waals surface area contributed by atoms with E-state index in [2.05, 4.69) is 66.2 Å². The van der Waals surface area contributed by atoms with Crippen LogP contribution in [-0.4, -0.2) is 11.0 Å². The molecule has 0 saturated heterocycles. The maximum absolute atomic E-state index is 10.6. The number of fused-ring (bicyclic) bond motifs is 3. The number of carbonyl (C=O) groups excluding carboxylic acids is 1. The lowest BCUT2D eigenvalue weighted by Gasteiger charge is -2.13. The fourth-order valence-corrected chi connectivity index (χ4v) is 3.04. The summed E-state index contributed by atoms with van der Waals surface area (Å²) >= 11 is 0. The lowest BCUT2D eigenvalue weighted by Crippen LogP contribution is -2.15. The van der Waals surface area contributed by atoms with Gasteiger partial charge in [0.15, 0.2) is 0 Å². The van der Waals surface area contributed by atoms with Crippen LogP contribution in [0.4, 0.5) is 0 Å². The van der Waals surface area contributed by atoms with E-state index in [1.807, 2.05) is 6.92 Å². The number of carbonyl (C=O) groups is 1. The normalized spacial score (nSPS) is 13.0. The van der Waals surface area contributed by atoms with Gasteiger partial charge in [-0.1, -0.05) is 24.3 Å². The van der Waals surface area contributed by atoms with Crippen molar-refractivity contribution in [2.75, 3.05) is 0 Å². The Labute approximate surface area is 124 Å². The van der Waals surface area contributed by atoms with Crippen molar-refractivity contribution < 1.29 is 4.79 Å². The Balaban J connectivity index is 2.30. The number of hydrogen-bond acceptors (Lipinski definition) is 1. The zero-order chi connectivity index (χ0) is 15.0. The number of aromatic nitrogens is 1. The van der Waals surface area contributed by atoms with Crippen molar-refractivity contribution in [2.24, 2.45) is 0 Å². The molecule has 1 unspecified atom stereocenters. The van der Waals surface area contributed by atoms with Gasteiger partial charge in [0.2, 0.25) is 6.41 Å². The largest absolute Gasteiger partial charge is 0.352 e. The Morgan fingerprint density at radius 3 is 2.43 bits per heavy atom. The van der Waals surface area contributed by atoms with Crippen molar-refractivity contribution >= 4 is 28.2 Å². The van der Waals surface area contributed by atoms with Crippen LogP contribution in [0.1, 0.15) is 38.4 Å². The molecule has 3 aromatic rings. The van der Waals surface area contributed by atoms with Crippen LogP contribution in [0.2, 0.25) is 0 Å². The molecule has 1 amide bonds. The summed E-state index contributed by atoms with van der Waals surface area (Å²) in [5.41, 5.74) is 3.63. The molecule has 0 radical (unpaired) electrons. The van der Waals surface area contributed by atoms with Crippen molar-refractivity contribution in [3.8, 4) is 0 Å². The third-order valence-corrected chi connectivity index (χ3v) is 4.07. The fourth-order valence-electron chi connectivity index (χ4n) is 3.04. The molecule has 0 fully saturated rings. The number of nitrogens with one attached hydrogen (secondary N) is 1. The van der Waals surface area contributed by atoms with Crippen molar-refractivity contribution in [2.45, 2.75) is 32.9 Å². The molecular weight excluding hydrogens is 260 g/mol. The minimum atomic E-state index is 0.0214. The van der Waals surface area contributed by atoms with Gasteiger partial charge in [0.25, 0.3) is 0 Å². The highest BCUT2D eigenvalue weighted by atomic mass is 16.1. The Kier molecular flexibility index (Phi) is 3.42. The maximum Gasteiger partial charge on any atom is 0.207 e. The van der Waals surface area contributed by atoms with E-state index in [0.717, 1.165) is 12.0 Å². The summed E-state index contributed by atoms with van der Waals surface area (Å²) < 4.78 is 2.37. The van der Waals surface area contributed by atoms with Crippen molar-refractivity contribution in [1.29, 1.82) is 0 Å². The summed E-state index contributed by atoms with van der Waals surface area (Å²) in [6.45, 7) is 6.41. The molecule has 0 aliphatic rings. The van der Waals surface area contributed by atoms with Crippen LogP contribution in [0.3, 0.4) is 0 Å². The fraction of sp³-hybridized carbons (Fsp3) is 0.278. The minimum Gasteiger partial charge on any atom is -0.352 e. The SMILES string of the molecule is CC(NC=O)c1ccc2c(c1)c1ccccc1n2C(C)C. The van der Waals surface area contributed by atoms with Crippen molar-refractivity contribution in [3.05, 3.63) is 48.0 Å². The lowest BCUT2D eigenvalue weighted by molar-refractivity contribution is -0.110.